The molecular formula is C17H26N4S. The van der Waals surface area contributed by atoms with Crippen molar-refractivity contribution >= 4 is 11.3 Å². The van der Waals surface area contributed by atoms with Gasteiger partial charge in [0.1, 0.15) is 5.82 Å². The lowest BCUT2D eigenvalue weighted by molar-refractivity contribution is 0.175. The minimum atomic E-state index is 0.662. The fourth-order valence-corrected chi connectivity index (χ4v) is 4.08. The van der Waals surface area contributed by atoms with Crippen LogP contribution in [0.5, 0.6) is 0 Å². The highest BCUT2D eigenvalue weighted by Crippen LogP contribution is 2.20. The van der Waals surface area contributed by atoms with Gasteiger partial charge in [0, 0.05) is 49.4 Å². The molecule has 3 rings (SSSR count). The minimum Gasteiger partial charge on any atom is -0.333 e. The van der Waals surface area contributed by atoms with Gasteiger partial charge in [-0.3, -0.25) is 4.90 Å². The molecule has 1 aliphatic heterocycles. The van der Waals surface area contributed by atoms with Crippen LogP contribution in [-0.2, 0) is 19.6 Å². The van der Waals surface area contributed by atoms with Crippen molar-refractivity contribution in [2.45, 2.75) is 33.5 Å². The average Bonchev–Trinajstić information content (AvgIpc) is 3.14. The quantitative estimate of drug-likeness (QED) is 0.818. The smallest absolute Gasteiger partial charge is 0.122 e. The minimum absolute atomic E-state index is 0.662. The summed E-state index contributed by atoms with van der Waals surface area (Å²) in [7, 11) is 0. The largest absolute Gasteiger partial charge is 0.333 e. The Hall–Kier alpha value is -1.17. The van der Waals surface area contributed by atoms with E-state index in [4.69, 9.17) is 0 Å². The zero-order chi connectivity index (χ0) is 15.4. The van der Waals surface area contributed by atoms with Crippen LogP contribution in [0.2, 0.25) is 0 Å². The van der Waals surface area contributed by atoms with Gasteiger partial charge in [-0.25, -0.2) is 4.98 Å². The van der Waals surface area contributed by atoms with E-state index in [-0.39, 0.29) is 0 Å². The summed E-state index contributed by atoms with van der Waals surface area (Å²) in [5.74, 6) is 1.87. The Morgan fingerprint density at radius 3 is 2.91 bits per heavy atom. The maximum absolute atomic E-state index is 4.56. The number of rotatable bonds is 6. The molecule has 0 amide bonds. The van der Waals surface area contributed by atoms with Gasteiger partial charge in [0.25, 0.3) is 0 Å². The Morgan fingerprint density at radius 2 is 2.18 bits per heavy atom. The van der Waals surface area contributed by atoms with E-state index in [1.54, 1.807) is 0 Å². The third-order valence-corrected chi connectivity index (χ3v) is 5.37. The van der Waals surface area contributed by atoms with Gasteiger partial charge in [-0.2, -0.15) is 0 Å². The first kappa shape index (κ1) is 15.7. The first-order valence-electron chi connectivity index (χ1n) is 8.25. The number of imidazole rings is 1. The zero-order valence-electron chi connectivity index (χ0n) is 13.6. The van der Waals surface area contributed by atoms with Crippen LogP contribution < -0.4 is 0 Å². The van der Waals surface area contributed by atoms with Gasteiger partial charge in [0.15, 0.2) is 0 Å². The van der Waals surface area contributed by atoms with E-state index >= 15 is 0 Å². The Balaban J connectivity index is 1.73. The topological polar surface area (TPSA) is 24.3 Å². The van der Waals surface area contributed by atoms with Crippen LogP contribution in [0.3, 0.4) is 0 Å². The van der Waals surface area contributed by atoms with Crippen LogP contribution in [0.15, 0.2) is 29.9 Å². The normalized spacial score (nSPS) is 19.3. The van der Waals surface area contributed by atoms with Gasteiger partial charge in [-0.15, -0.1) is 11.3 Å². The summed E-state index contributed by atoms with van der Waals surface area (Å²) in [4.78, 5) is 11.1. The van der Waals surface area contributed by atoms with Crippen molar-refractivity contribution in [3.05, 3.63) is 40.6 Å². The van der Waals surface area contributed by atoms with E-state index < -0.39 is 0 Å². The first-order valence-corrected chi connectivity index (χ1v) is 9.13. The van der Waals surface area contributed by atoms with Crippen molar-refractivity contribution in [2.75, 3.05) is 26.2 Å². The van der Waals surface area contributed by atoms with Crippen molar-refractivity contribution in [2.24, 2.45) is 5.92 Å². The highest BCUT2D eigenvalue weighted by Gasteiger charge is 2.23. The predicted molar refractivity (Wildman–Crippen MR) is 91.9 cm³/mol. The van der Waals surface area contributed by atoms with Crippen molar-refractivity contribution < 1.29 is 0 Å². The first-order chi connectivity index (χ1) is 10.8. The van der Waals surface area contributed by atoms with Crippen molar-refractivity contribution in [3.63, 3.8) is 0 Å². The highest BCUT2D eigenvalue weighted by molar-refractivity contribution is 7.09. The van der Waals surface area contributed by atoms with Crippen LogP contribution in [0.25, 0.3) is 0 Å². The summed E-state index contributed by atoms with van der Waals surface area (Å²) in [6.07, 6.45) is 4.08. The summed E-state index contributed by atoms with van der Waals surface area (Å²) >= 11 is 1.85. The molecule has 22 heavy (non-hydrogen) atoms. The second kappa shape index (κ2) is 7.40. The summed E-state index contributed by atoms with van der Waals surface area (Å²) in [6.45, 7) is 12.2. The van der Waals surface area contributed by atoms with Crippen molar-refractivity contribution in [1.82, 2.24) is 19.4 Å². The monoisotopic (exact) mass is 318 g/mol. The molecular weight excluding hydrogens is 292 g/mol. The molecule has 0 saturated carbocycles. The molecule has 0 saturated heterocycles. The van der Waals surface area contributed by atoms with Crippen LogP contribution in [0.4, 0.5) is 0 Å². The van der Waals surface area contributed by atoms with Gasteiger partial charge < -0.3 is 9.47 Å². The molecule has 2 aromatic heterocycles. The molecule has 0 fully saturated rings. The maximum atomic E-state index is 4.56. The lowest BCUT2D eigenvalue weighted by Crippen LogP contribution is -2.36. The Morgan fingerprint density at radius 1 is 1.32 bits per heavy atom. The van der Waals surface area contributed by atoms with Crippen molar-refractivity contribution in [3.8, 4) is 0 Å². The molecule has 3 heterocycles. The third kappa shape index (κ3) is 3.77. The number of thiophene rings is 1. The summed E-state index contributed by atoms with van der Waals surface area (Å²) in [5, 5.41) is 2.17. The van der Waals surface area contributed by atoms with E-state index in [0.29, 0.717) is 5.92 Å². The van der Waals surface area contributed by atoms with Crippen LogP contribution in [0.1, 0.15) is 24.5 Å². The molecule has 0 radical (unpaired) electrons. The second-order valence-electron chi connectivity index (χ2n) is 6.10. The number of nitrogens with zero attached hydrogens (tertiary/aromatic N) is 4. The number of hydrogen-bond acceptors (Lipinski definition) is 4. The Kier molecular flexibility index (Phi) is 5.28. The Labute approximate surface area is 137 Å². The molecule has 5 heteroatoms. The fourth-order valence-electron chi connectivity index (χ4n) is 3.33. The van der Waals surface area contributed by atoms with E-state index in [2.05, 4.69) is 56.9 Å². The van der Waals surface area contributed by atoms with Gasteiger partial charge in [-0.05, 0) is 24.5 Å². The number of hydrogen-bond donors (Lipinski definition) is 0. The lowest BCUT2D eigenvalue weighted by Gasteiger charge is -2.28. The van der Waals surface area contributed by atoms with Gasteiger partial charge in [0.2, 0.25) is 0 Å². The van der Waals surface area contributed by atoms with Gasteiger partial charge in [-0.1, -0.05) is 19.9 Å². The summed E-state index contributed by atoms with van der Waals surface area (Å²) in [6, 6.07) is 4.38. The van der Waals surface area contributed by atoms with E-state index in [9.17, 15) is 0 Å². The molecule has 120 valence electrons. The van der Waals surface area contributed by atoms with Crippen molar-refractivity contribution in [1.29, 1.82) is 0 Å². The molecule has 2 aromatic rings. The molecule has 0 unspecified atom stereocenters. The lowest BCUT2D eigenvalue weighted by atomic mass is 10.1. The summed E-state index contributed by atoms with van der Waals surface area (Å²) < 4.78 is 2.35. The molecule has 0 bridgehead atoms. The van der Waals surface area contributed by atoms with Crippen LogP contribution in [-0.4, -0.2) is 45.5 Å². The number of aromatic nitrogens is 2. The van der Waals surface area contributed by atoms with Gasteiger partial charge >= 0.3 is 0 Å². The molecule has 1 aliphatic rings. The van der Waals surface area contributed by atoms with E-state index in [1.165, 1.54) is 17.2 Å². The standard InChI is InChI=1S/C17H26N4S/c1-3-19(4-2)10-15-11-20(13-16-6-5-9-22-16)14-17-18-7-8-21(17)12-15/h5-9,15H,3-4,10-14H2,1-2H3/t15-/m1/s1. The average molecular weight is 318 g/mol. The van der Waals surface area contributed by atoms with E-state index in [0.717, 1.165) is 39.3 Å². The predicted octanol–water partition coefficient (Wildman–Crippen LogP) is 2.92. The molecule has 1 atom stereocenters. The molecule has 0 spiro atoms. The molecule has 4 nitrogen and oxygen atoms in total. The zero-order valence-corrected chi connectivity index (χ0v) is 14.4. The second-order valence-corrected chi connectivity index (χ2v) is 7.13. The van der Waals surface area contributed by atoms with Crippen LogP contribution >= 0.6 is 11.3 Å². The Bertz CT molecular complexity index is 559. The molecule has 0 aliphatic carbocycles. The van der Waals surface area contributed by atoms with Gasteiger partial charge in [0.05, 0.1) is 6.54 Å². The fraction of sp³-hybridized carbons (Fsp3) is 0.588. The SMILES string of the molecule is CCN(CC)C[C@@H]1CN(Cc2cccs2)Cc2nccn2C1. The third-order valence-electron chi connectivity index (χ3n) is 4.51. The maximum Gasteiger partial charge on any atom is 0.122 e. The van der Waals surface area contributed by atoms with Crippen LogP contribution in [0, 0.1) is 5.92 Å². The highest BCUT2D eigenvalue weighted by atomic mass is 32.1. The molecule has 0 N–H and O–H groups in total. The number of fused-ring (bicyclic) bond motifs is 1. The summed E-state index contributed by atoms with van der Waals surface area (Å²) in [5.41, 5.74) is 0. The molecule has 0 aromatic carbocycles. The van der Waals surface area contributed by atoms with E-state index in [1.807, 2.05) is 17.5 Å².